The summed E-state index contributed by atoms with van der Waals surface area (Å²) < 4.78 is 0. The van der Waals surface area contributed by atoms with Gasteiger partial charge in [0.05, 0.1) is 11.8 Å². The van der Waals surface area contributed by atoms with E-state index in [9.17, 15) is 14.4 Å². The average Bonchev–Trinajstić information content (AvgIpc) is 2.91. The number of fused-ring (bicyclic) bond motifs is 2. The van der Waals surface area contributed by atoms with Crippen molar-refractivity contribution in [3.63, 3.8) is 0 Å². The van der Waals surface area contributed by atoms with E-state index in [4.69, 9.17) is 11.6 Å². The van der Waals surface area contributed by atoms with Gasteiger partial charge in [0.2, 0.25) is 17.7 Å². The second kappa shape index (κ2) is 6.82. The van der Waals surface area contributed by atoms with Crippen molar-refractivity contribution in [2.24, 2.45) is 11.8 Å². The number of benzene rings is 2. The summed E-state index contributed by atoms with van der Waals surface area (Å²) in [6, 6.07) is 12.5. The van der Waals surface area contributed by atoms with E-state index in [0.717, 1.165) is 15.7 Å². The summed E-state index contributed by atoms with van der Waals surface area (Å²) in [5.41, 5.74) is 0.658. The zero-order chi connectivity index (χ0) is 19.1. The second-order valence-corrected chi connectivity index (χ2v) is 7.53. The Hall–Kier alpha value is -2.66. The quantitative estimate of drug-likeness (QED) is 0.823. The first-order valence-corrected chi connectivity index (χ1v) is 9.35. The largest absolute Gasteiger partial charge is 0.324 e. The first-order valence-electron chi connectivity index (χ1n) is 8.97. The molecule has 2 aliphatic rings. The van der Waals surface area contributed by atoms with Crippen LogP contribution in [-0.4, -0.2) is 28.7 Å². The van der Waals surface area contributed by atoms with E-state index >= 15 is 0 Å². The summed E-state index contributed by atoms with van der Waals surface area (Å²) in [7, 11) is 0. The van der Waals surface area contributed by atoms with Crippen molar-refractivity contribution < 1.29 is 14.4 Å². The normalized spacial score (nSPS) is 23.2. The maximum atomic E-state index is 12.8. The van der Waals surface area contributed by atoms with Crippen LogP contribution in [0.2, 0.25) is 0 Å². The molecule has 0 unspecified atom stereocenters. The van der Waals surface area contributed by atoms with Crippen LogP contribution in [0.5, 0.6) is 0 Å². The molecular formula is C21H19ClN2O3. The zero-order valence-electron chi connectivity index (χ0n) is 14.8. The number of rotatable bonds is 3. The third-order valence-electron chi connectivity index (χ3n) is 5.42. The predicted molar refractivity (Wildman–Crippen MR) is 104 cm³/mol. The fraction of sp³-hybridized carbons (Fsp3) is 0.286. The van der Waals surface area contributed by atoms with Crippen LogP contribution >= 0.6 is 11.6 Å². The van der Waals surface area contributed by atoms with Crippen LogP contribution < -0.4 is 5.32 Å². The number of hydrogen-bond donors (Lipinski definition) is 1. The first-order chi connectivity index (χ1) is 13.0. The van der Waals surface area contributed by atoms with Crippen molar-refractivity contribution in [2.45, 2.75) is 25.8 Å². The van der Waals surface area contributed by atoms with E-state index < -0.39 is 17.9 Å². The molecule has 1 aliphatic heterocycles. The minimum atomic E-state index is -0.881. The maximum Gasteiger partial charge on any atom is 0.247 e. The summed E-state index contributed by atoms with van der Waals surface area (Å²) in [5, 5.41) is 5.38. The molecule has 3 atom stereocenters. The molecule has 4 rings (SSSR count). The number of amides is 3. The minimum absolute atomic E-state index is 0.286. The highest BCUT2D eigenvalue weighted by Crippen LogP contribution is 2.39. The van der Waals surface area contributed by atoms with Crippen LogP contribution in [0.25, 0.3) is 10.8 Å². The Kier molecular flexibility index (Phi) is 4.48. The molecule has 0 spiro atoms. The number of carbonyl (C=O) groups excluding carboxylic acids is 3. The molecule has 2 aromatic carbocycles. The minimum Gasteiger partial charge on any atom is -0.324 e. The number of carbonyl (C=O) groups is 3. The molecule has 2 aromatic rings. The van der Waals surface area contributed by atoms with Crippen molar-refractivity contribution in [1.82, 2.24) is 4.90 Å². The van der Waals surface area contributed by atoms with Crippen molar-refractivity contribution in [1.29, 1.82) is 0 Å². The molecule has 3 amide bonds. The van der Waals surface area contributed by atoms with E-state index in [0.29, 0.717) is 23.6 Å². The Morgan fingerprint density at radius 3 is 2.63 bits per heavy atom. The number of imide groups is 1. The lowest BCUT2D eigenvalue weighted by molar-refractivity contribution is -0.146. The third-order valence-corrected chi connectivity index (χ3v) is 5.73. The van der Waals surface area contributed by atoms with Crippen LogP contribution in [0.1, 0.15) is 19.8 Å². The fourth-order valence-electron chi connectivity index (χ4n) is 3.92. The number of halogens is 1. The lowest BCUT2D eigenvalue weighted by atomic mass is 9.85. The Morgan fingerprint density at radius 1 is 1.11 bits per heavy atom. The summed E-state index contributed by atoms with van der Waals surface area (Å²) in [4.78, 5) is 39.4. The van der Waals surface area contributed by atoms with Crippen molar-refractivity contribution in [2.75, 3.05) is 5.32 Å². The molecular weight excluding hydrogens is 364 g/mol. The molecule has 27 heavy (non-hydrogen) atoms. The fourth-order valence-corrected chi connectivity index (χ4v) is 4.18. The van der Waals surface area contributed by atoms with Crippen molar-refractivity contribution in [3.05, 3.63) is 53.6 Å². The van der Waals surface area contributed by atoms with Gasteiger partial charge in [0.15, 0.2) is 0 Å². The Morgan fingerprint density at radius 2 is 1.81 bits per heavy atom. The summed E-state index contributed by atoms with van der Waals surface area (Å²) >= 11 is 6.05. The molecule has 1 N–H and O–H groups in total. The molecule has 0 bridgehead atoms. The maximum absolute atomic E-state index is 12.8. The SMILES string of the molecule is C[C@H](C(=O)Nc1cccc2ccccc12)N1C(=O)[C@H]2CC=C(Cl)C[C@H]2C1=O. The van der Waals surface area contributed by atoms with Gasteiger partial charge < -0.3 is 5.32 Å². The lowest BCUT2D eigenvalue weighted by Gasteiger charge is -2.22. The van der Waals surface area contributed by atoms with E-state index in [-0.39, 0.29) is 17.7 Å². The van der Waals surface area contributed by atoms with Gasteiger partial charge in [0.1, 0.15) is 6.04 Å². The number of allylic oxidation sites excluding steroid dienone is 2. The third kappa shape index (κ3) is 3.02. The Labute approximate surface area is 162 Å². The summed E-state index contributed by atoms with van der Waals surface area (Å²) in [6.45, 7) is 1.59. The van der Waals surface area contributed by atoms with Gasteiger partial charge in [-0.05, 0) is 31.2 Å². The molecule has 1 fully saturated rings. The molecule has 0 radical (unpaired) electrons. The number of anilines is 1. The van der Waals surface area contributed by atoms with Crippen molar-refractivity contribution in [3.8, 4) is 0 Å². The van der Waals surface area contributed by atoms with Gasteiger partial charge in [0, 0.05) is 16.1 Å². The van der Waals surface area contributed by atoms with Gasteiger partial charge in [-0.25, -0.2) is 0 Å². The number of hydrogen-bond acceptors (Lipinski definition) is 3. The van der Waals surface area contributed by atoms with Gasteiger partial charge >= 0.3 is 0 Å². The highest BCUT2D eigenvalue weighted by atomic mass is 35.5. The van der Waals surface area contributed by atoms with Gasteiger partial charge in [-0.1, -0.05) is 54.1 Å². The zero-order valence-corrected chi connectivity index (χ0v) is 15.6. The molecule has 138 valence electrons. The lowest BCUT2D eigenvalue weighted by Crippen LogP contribution is -2.46. The number of likely N-dealkylation sites (tertiary alicyclic amines) is 1. The predicted octanol–water partition coefficient (Wildman–Crippen LogP) is 3.68. The van der Waals surface area contributed by atoms with Crippen LogP contribution in [0.15, 0.2) is 53.6 Å². The summed E-state index contributed by atoms with van der Waals surface area (Å²) in [5.74, 6) is -1.84. The Bertz CT molecular complexity index is 979. The molecule has 1 heterocycles. The van der Waals surface area contributed by atoms with Crippen molar-refractivity contribution >= 4 is 45.8 Å². The number of nitrogens with zero attached hydrogens (tertiary/aromatic N) is 1. The topological polar surface area (TPSA) is 66.5 Å². The molecule has 6 heteroatoms. The standard InChI is InChI=1S/C21H19ClN2O3/c1-12(24-20(26)16-10-9-14(22)11-17(16)21(24)27)19(25)23-18-8-4-6-13-5-2-3-7-15(13)18/h2-9,12,16-17H,10-11H2,1H3,(H,23,25)/t12-,16+,17-/m1/s1. The van der Waals surface area contributed by atoms with Gasteiger partial charge in [-0.15, -0.1) is 0 Å². The molecule has 0 aromatic heterocycles. The first kappa shape index (κ1) is 17.7. The highest BCUT2D eigenvalue weighted by Gasteiger charge is 2.51. The average molecular weight is 383 g/mol. The van der Waals surface area contributed by atoms with Gasteiger partial charge in [-0.3, -0.25) is 19.3 Å². The van der Waals surface area contributed by atoms with E-state index in [1.165, 1.54) is 0 Å². The van der Waals surface area contributed by atoms with Crippen LogP contribution in [0.4, 0.5) is 5.69 Å². The van der Waals surface area contributed by atoms with E-state index in [1.807, 2.05) is 42.5 Å². The monoisotopic (exact) mass is 382 g/mol. The molecule has 1 saturated heterocycles. The van der Waals surface area contributed by atoms with Gasteiger partial charge in [-0.2, -0.15) is 0 Å². The highest BCUT2D eigenvalue weighted by molar-refractivity contribution is 6.30. The number of nitrogens with one attached hydrogen (secondary N) is 1. The molecule has 5 nitrogen and oxygen atoms in total. The molecule has 0 saturated carbocycles. The second-order valence-electron chi connectivity index (χ2n) is 7.04. The van der Waals surface area contributed by atoms with E-state index in [1.54, 1.807) is 13.0 Å². The summed E-state index contributed by atoms with van der Waals surface area (Å²) in [6.07, 6.45) is 2.60. The van der Waals surface area contributed by atoms with Crippen LogP contribution in [0, 0.1) is 11.8 Å². The van der Waals surface area contributed by atoms with Gasteiger partial charge in [0.25, 0.3) is 0 Å². The smallest absolute Gasteiger partial charge is 0.247 e. The van der Waals surface area contributed by atoms with Crippen LogP contribution in [-0.2, 0) is 14.4 Å². The molecule has 1 aliphatic carbocycles. The van der Waals surface area contributed by atoms with E-state index in [2.05, 4.69) is 5.32 Å². The van der Waals surface area contributed by atoms with Crippen LogP contribution in [0.3, 0.4) is 0 Å². The Balaban J connectivity index is 1.56.